The Morgan fingerprint density at radius 1 is 1.33 bits per heavy atom. The fourth-order valence-electron chi connectivity index (χ4n) is 2.09. The van der Waals surface area contributed by atoms with Crippen LogP contribution in [0.1, 0.15) is 12.8 Å². The zero-order chi connectivity index (χ0) is 15.2. The van der Waals surface area contributed by atoms with Crippen molar-refractivity contribution in [3.05, 3.63) is 27.2 Å². The standard InChI is InChI=1S/C14H16Cl3NO3/c15-10-6-11(16)13(12(17)7-10)21-5-3-18-14(19)9-2-1-4-20-8-9/h6-7,9H,1-5,8H2,(H,18,19)/t9-/m0/s1. The lowest BCUT2D eigenvalue weighted by atomic mass is 10.0. The third kappa shape index (κ3) is 4.92. The van der Waals surface area contributed by atoms with Crippen molar-refractivity contribution in [2.45, 2.75) is 12.8 Å². The van der Waals surface area contributed by atoms with Crippen LogP contribution in [0.5, 0.6) is 5.75 Å². The van der Waals surface area contributed by atoms with E-state index >= 15 is 0 Å². The zero-order valence-electron chi connectivity index (χ0n) is 11.3. The molecule has 4 nitrogen and oxygen atoms in total. The molecule has 0 spiro atoms. The highest BCUT2D eigenvalue weighted by molar-refractivity contribution is 6.40. The van der Waals surface area contributed by atoms with Gasteiger partial charge in [0.2, 0.25) is 5.91 Å². The molecule has 0 aliphatic carbocycles. The summed E-state index contributed by atoms with van der Waals surface area (Å²) in [4.78, 5) is 11.9. The van der Waals surface area contributed by atoms with Crippen molar-refractivity contribution >= 4 is 40.7 Å². The predicted molar refractivity (Wildman–Crippen MR) is 83.5 cm³/mol. The highest BCUT2D eigenvalue weighted by Gasteiger charge is 2.21. The molecule has 0 bridgehead atoms. The first kappa shape index (κ1) is 16.7. The topological polar surface area (TPSA) is 47.6 Å². The molecular weight excluding hydrogens is 337 g/mol. The Hall–Kier alpha value is -0.680. The molecule has 1 atom stereocenters. The minimum absolute atomic E-state index is 0.00778. The molecular formula is C14H16Cl3NO3. The molecule has 1 amide bonds. The minimum atomic E-state index is -0.0681. The number of hydrogen-bond donors (Lipinski definition) is 1. The van der Waals surface area contributed by atoms with E-state index in [0.717, 1.165) is 19.4 Å². The van der Waals surface area contributed by atoms with Gasteiger partial charge in [0, 0.05) is 11.6 Å². The minimum Gasteiger partial charge on any atom is -0.489 e. The maximum Gasteiger partial charge on any atom is 0.225 e. The zero-order valence-corrected chi connectivity index (χ0v) is 13.6. The van der Waals surface area contributed by atoms with Gasteiger partial charge in [-0.25, -0.2) is 0 Å². The first-order valence-corrected chi connectivity index (χ1v) is 7.84. The van der Waals surface area contributed by atoms with Crippen molar-refractivity contribution in [3.63, 3.8) is 0 Å². The molecule has 1 N–H and O–H groups in total. The molecule has 0 radical (unpaired) electrons. The van der Waals surface area contributed by atoms with E-state index in [1.807, 2.05) is 0 Å². The summed E-state index contributed by atoms with van der Waals surface area (Å²) in [5.41, 5.74) is 0. The molecule has 1 fully saturated rings. The lowest BCUT2D eigenvalue weighted by Gasteiger charge is -2.21. The van der Waals surface area contributed by atoms with E-state index in [1.54, 1.807) is 12.1 Å². The van der Waals surface area contributed by atoms with Crippen LogP contribution in [-0.4, -0.2) is 32.3 Å². The number of amides is 1. The number of carbonyl (C=O) groups is 1. The highest BCUT2D eigenvalue weighted by atomic mass is 35.5. The van der Waals surface area contributed by atoms with Gasteiger partial charge in [0.15, 0.2) is 5.75 Å². The fraction of sp³-hybridized carbons (Fsp3) is 0.500. The SMILES string of the molecule is O=C(NCCOc1c(Cl)cc(Cl)cc1Cl)[C@H]1CCCOC1. The third-order valence-corrected chi connectivity index (χ3v) is 3.92. The van der Waals surface area contributed by atoms with Crippen LogP contribution < -0.4 is 10.1 Å². The Labute approximate surface area is 138 Å². The monoisotopic (exact) mass is 351 g/mol. The van der Waals surface area contributed by atoms with Crippen molar-refractivity contribution in [3.8, 4) is 5.75 Å². The molecule has 2 rings (SSSR count). The molecule has 1 aromatic rings. The van der Waals surface area contributed by atoms with Crippen LogP contribution in [0.2, 0.25) is 15.1 Å². The van der Waals surface area contributed by atoms with Crippen LogP contribution in [0.4, 0.5) is 0 Å². The number of rotatable bonds is 5. The van der Waals surface area contributed by atoms with E-state index in [1.165, 1.54) is 0 Å². The summed E-state index contributed by atoms with van der Waals surface area (Å²) in [6, 6.07) is 3.12. The van der Waals surface area contributed by atoms with Crippen LogP contribution in [0, 0.1) is 5.92 Å². The summed E-state index contributed by atoms with van der Waals surface area (Å²) < 4.78 is 10.8. The molecule has 1 aliphatic heterocycles. The number of ether oxygens (including phenoxy) is 2. The van der Waals surface area contributed by atoms with E-state index in [-0.39, 0.29) is 18.4 Å². The van der Waals surface area contributed by atoms with E-state index in [2.05, 4.69) is 5.32 Å². The third-order valence-electron chi connectivity index (χ3n) is 3.14. The van der Waals surface area contributed by atoms with Crippen molar-refractivity contribution in [2.24, 2.45) is 5.92 Å². The average Bonchev–Trinajstić information content (AvgIpc) is 2.46. The Morgan fingerprint density at radius 2 is 2.05 bits per heavy atom. The average molecular weight is 353 g/mol. The van der Waals surface area contributed by atoms with Gasteiger partial charge in [0.25, 0.3) is 0 Å². The van der Waals surface area contributed by atoms with Gasteiger partial charge in [-0.2, -0.15) is 0 Å². The van der Waals surface area contributed by atoms with Crippen LogP contribution in [-0.2, 0) is 9.53 Å². The van der Waals surface area contributed by atoms with Gasteiger partial charge >= 0.3 is 0 Å². The molecule has 1 heterocycles. The van der Waals surface area contributed by atoms with Gasteiger partial charge in [0.05, 0.1) is 29.1 Å². The van der Waals surface area contributed by atoms with Gasteiger partial charge in [-0.15, -0.1) is 0 Å². The molecule has 116 valence electrons. The first-order chi connectivity index (χ1) is 10.1. The van der Waals surface area contributed by atoms with Crippen molar-refractivity contribution < 1.29 is 14.3 Å². The number of nitrogens with one attached hydrogen (secondary N) is 1. The Bertz CT molecular complexity index is 481. The van der Waals surface area contributed by atoms with Crippen LogP contribution >= 0.6 is 34.8 Å². The van der Waals surface area contributed by atoms with E-state index in [0.29, 0.717) is 34.0 Å². The second kappa shape index (κ2) is 8.08. The normalized spacial score (nSPS) is 18.3. The van der Waals surface area contributed by atoms with Gasteiger partial charge in [-0.05, 0) is 25.0 Å². The number of carbonyl (C=O) groups excluding carboxylic acids is 1. The van der Waals surface area contributed by atoms with E-state index in [4.69, 9.17) is 44.3 Å². The van der Waals surface area contributed by atoms with E-state index in [9.17, 15) is 4.79 Å². The summed E-state index contributed by atoms with van der Waals surface area (Å²) in [7, 11) is 0. The van der Waals surface area contributed by atoms with Crippen LogP contribution in [0.15, 0.2) is 12.1 Å². The molecule has 7 heteroatoms. The summed E-state index contributed by atoms with van der Waals surface area (Å²) >= 11 is 17.8. The lowest BCUT2D eigenvalue weighted by molar-refractivity contribution is -0.129. The lowest BCUT2D eigenvalue weighted by Crippen LogP contribution is -2.37. The second-order valence-corrected chi connectivity index (χ2v) is 6.00. The number of benzene rings is 1. The molecule has 21 heavy (non-hydrogen) atoms. The summed E-state index contributed by atoms with van der Waals surface area (Å²) in [5.74, 6) is 0.297. The van der Waals surface area contributed by atoms with Gasteiger partial charge in [0.1, 0.15) is 6.61 Å². The number of hydrogen-bond acceptors (Lipinski definition) is 3. The second-order valence-electron chi connectivity index (χ2n) is 4.75. The first-order valence-electron chi connectivity index (χ1n) is 6.70. The van der Waals surface area contributed by atoms with Crippen LogP contribution in [0.25, 0.3) is 0 Å². The molecule has 1 aromatic carbocycles. The highest BCUT2D eigenvalue weighted by Crippen LogP contribution is 2.35. The fourth-order valence-corrected chi connectivity index (χ4v) is 3.01. The smallest absolute Gasteiger partial charge is 0.225 e. The van der Waals surface area contributed by atoms with Crippen molar-refractivity contribution in [1.82, 2.24) is 5.32 Å². The maximum atomic E-state index is 11.9. The Morgan fingerprint density at radius 3 is 2.67 bits per heavy atom. The molecule has 0 unspecified atom stereocenters. The van der Waals surface area contributed by atoms with Crippen molar-refractivity contribution in [2.75, 3.05) is 26.4 Å². The van der Waals surface area contributed by atoms with Crippen LogP contribution in [0.3, 0.4) is 0 Å². The van der Waals surface area contributed by atoms with E-state index < -0.39 is 0 Å². The van der Waals surface area contributed by atoms with Gasteiger partial charge in [-0.3, -0.25) is 4.79 Å². The van der Waals surface area contributed by atoms with Crippen molar-refractivity contribution in [1.29, 1.82) is 0 Å². The summed E-state index contributed by atoms with van der Waals surface area (Å²) in [6.07, 6.45) is 1.78. The van der Waals surface area contributed by atoms with Gasteiger partial charge < -0.3 is 14.8 Å². The Kier molecular flexibility index (Phi) is 6.42. The number of halogens is 3. The maximum absolute atomic E-state index is 11.9. The predicted octanol–water partition coefficient (Wildman–Crippen LogP) is 3.57. The Balaban J connectivity index is 1.76. The molecule has 0 saturated carbocycles. The molecule has 0 aromatic heterocycles. The van der Waals surface area contributed by atoms with Gasteiger partial charge in [-0.1, -0.05) is 34.8 Å². The summed E-state index contributed by atoms with van der Waals surface area (Å²) in [6.45, 7) is 1.88. The molecule has 1 aliphatic rings. The largest absolute Gasteiger partial charge is 0.489 e. The summed E-state index contributed by atoms with van der Waals surface area (Å²) in [5, 5.41) is 3.96. The quantitative estimate of drug-likeness (QED) is 0.824. The molecule has 1 saturated heterocycles.